The van der Waals surface area contributed by atoms with Crippen molar-refractivity contribution >= 4 is 27.7 Å². The van der Waals surface area contributed by atoms with Crippen LogP contribution < -0.4 is 5.32 Å². The monoisotopic (exact) mass is 347 g/mol. The highest BCUT2D eigenvalue weighted by atomic mass is 79.9. The molecule has 2 atom stereocenters. The fraction of sp³-hybridized carbons (Fsp3) is 0.294. The molecule has 0 spiro atoms. The number of fused-ring (bicyclic) bond motifs is 1. The Morgan fingerprint density at radius 3 is 2.75 bits per heavy atom. The standard InChI is InChI=1S/C17H18BrNS/c1-12(13-6-2-4-8-15(13)18)19-16-10-11-20-17-9-5-3-7-14(16)17/h2-9,12,16,19H,10-11H2,1H3/t12-,16?/m1/s1. The maximum atomic E-state index is 3.79. The van der Waals surface area contributed by atoms with Gasteiger partial charge >= 0.3 is 0 Å². The summed E-state index contributed by atoms with van der Waals surface area (Å²) in [6.07, 6.45) is 1.19. The zero-order valence-corrected chi connectivity index (χ0v) is 13.9. The Morgan fingerprint density at radius 2 is 1.90 bits per heavy atom. The smallest absolute Gasteiger partial charge is 0.0344 e. The zero-order chi connectivity index (χ0) is 13.9. The Morgan fingerprint density at radius 1 is 1.15 bits per heavy atom. The second kappa shape index (κ2) is 6.33. The molecule has 0 fully saturated rings. The number of halogens is 1. The molecular formula is C17H18BrNS. The summed E-state index contributed by atoms with van der Waals surface area (Å²) in [6, 6.07) is 18.0. The minimum absolute atomic E-state index is 0.340. The molecule has 0 saturated heterocycles. The van der Waals surface area contributed by atoms with Gasteiger partial charge in [0.2, 0.25) is 0 Å². The van der Waals surface area contributed by atoms with Crippen LogP contribution in [0.25, 0.3) is 0 Å². The van der Waals surface area contributed by atoms with Gasteiger partial charge in [-0.25, -0.2) is 0 Å². The Bertz CT molecular complexity index is 599. The van der Waals surface area contributed by atoms with E-state index in [0.717, 1.165) is 0 Å². The Balaban J connectivity index is 1.81. The quantitative estimate of drug-likeness (QED) is 0.804. The van der Waals surface area contributed by atoms with Crippen molar-refractivity contribution in [2.45, 2.75) is 30.3 Å². The third kappa shape index (κ3) is 2.95. The van der Waals surface area contributed by atoms with E-state index in [1.54, 1.807) is 0 Å². The molecule has 1 nitrogen and oxygen atoms in total. The molecule has 104 valence electrons. The van der Waals surface area contributed by atoms with E-state index in [4.69, 9.17) is 0 Å². The largest absolute Gasteiger partial charge is 0.303 e. The average Bonchev–Trinajstić information content (AvgIpc) is 2.48. The molecule has 1 heterocycles. The van der Waals surface area contributed by atoms with E-state index < -0.39 is 0 Å². The van der Waals surface area contributed by atoms with E-state index in [9.17, 15) is 0 Å². The van der Waals surface area contributed by atoms with Gasteiger partial charge in [0.05, 0.1) is 0 Å². The van der Waals surface area contributed by atoms with Crippen molar-refractivity contribution in [1.29, 1.82) is 0 Å². The summed E-state index contributed by atoms with van der Waals surface area (Å²) in [6.45, 7) is 2.24. The first-order chi connectivity index (χ1) is 9.75. The van der Waals surface area contributed by atoms with Crippen molar-refractivity contribution in [1.82, 2.24) is 5.32 Å². The lowest BCUT2D eigenvalue weighted by Crippen LogP contribution is -2.27. The highest BCUT2D eigenvalue weighted by Gasteiger charge is 2.22. The number of nitrogens with one attached hydrogen (secondary N) is 1. The van der Waals surface area contributed by atoms with Crippen LogP contribution in [0.5, 0.6) is 0 Å². The molecule has 0 saturated carbocycles. The lowest BCUT2D eigenvalue weighted by Gasteiger charge is -2.29. The van der Waals surface area contributed by atoms with Gasteiger partial charge in [0.15, 0.2) is 0 Å². The van der Waals surface area contributed by atoms with Crippen LogP contribution in [0, 0.1) is 0 Å². The fourth-order valence-corrected chi connectivity index (χ4v) is 4.49. The summed E-state index contributed by atoms with van der Waals surface area (Å²) in [7, 11) is 0. The minimum atomic E-state index is 0.340. The van der Waals surface area contributed by atoms with Gasteiger partial charge in [-0.2, -0.15) is 0 Å². The maximum absolute atomic E-state index is 3.79. The van der Waals surface area contributed by atoms with Crippen LogP contribution >= 0.6 is 27.7 Å². The van der Waals surface area contributed by atoms with E-state index in [0.29, 0.717) is 12.1 Å². The summed E-state index contributed by atoms with van der Waals surface area (Å²) in [5.74, 6) is 1.19. The molecular weight excluding hydrogens is 330 g/mol. The van der Waals surface area contributed by atoms with E-state index in [1.807, 2.05) is 11.8 Å². The van der Waals surface area contributed by atoms with Crippen molar-refractivity contribution in [3.63, 3.8) is 0 Å². The van der Waals surface area contributed by atoms with E-state index in [1.165, 1.54) is 32.7 Å². The van der Waals surface area contributed by atoms with Crippen LogP contribution in [0.2, 0.25) is 0 Å². The first kappa shape index (κ1) is 14.2. The predicted molar refractivity (Wildman–Crippen MR) is 90.2 cm³/mol. The molecule has 2 aromatic carbocycles. The Kier molecular flexibility index (Phi) is 4.49. The van der Waals surface area contributed by atoms with Gasteiger partial charge < -0.3 is 5.32 Å². The second-order valence-electron chi connectivity index (χ2n) is 5.14. The van der Waals surface area contributed by atoms with E-state index in [2.05, 4.69) is 76.7 Å². The molecule has 3 heteroatoms. The van der Waals surface area contributed by atoms with Crippen molar-refractivity contribution < 1.29 is 0 Å². The third-order valence-corrected chi connectivity index (χ3v) is 5.63. The van der Waals surface area contributed by atoms with E-state index in [-0.39, 0.29) is 0 Å². The van der Waals surface area contributed by atoms with Crippen LogP contribution in [-0.4, -0.2) is 5.75 Å². The number of hydrogen-bond acceptors (Lipinski definition) is 2. The molecule has 20 heavy (non-hydrogen) atoms. The van der Waals surface area contributed by atoms with Crippen LogP contribution in [0.15, 0.2) is 57.9 Å². The molecule has 1 N–H and O–H groups in total. The van der Waals surface area contributed by atoms with Gasteiger partial charge in [-0.1, -0.05) is 52.3 Å². The van der Waals surface area contributed by atoms with Gasteiger partial charge in [-0.05, 0) is 42.4 Å². The SMILES string of the molecule is C[C@@H](NC1CCSc2ccccc21)c1ccccc1Br. The molecule has 1 aliphatic rings. The van der Waals surface area contributed by atoms with Crippen LogP contribution in [0.1, 0.15) is 36.6 Å². The van der Waals surface area contributed by atoms with Crippen molar-refractivity contribution in [2.24, 2.45) is 0 Å². The topological polar surface area (TPSA) is 12.0 Å². The van der Waals surface area contributed by atoms with Crippen molar-refractivity contribution in [3.8, 4) is 0 Å². The summed E-state index contributed by atoms with van der Waals surface area (Å²) >= 11 is 5.62. The second-order valence-corrected chi connectivity index (χ2v) is 7.13. The molecule has 0 radical (unpaired) electrons. The lowest BCUT2D eigenvalue weighted by molar-refractivity contribution is 0.449. The molecule has 1 unspecified atom stereocenters. The predicted octanol–water partition coefficient (Wildman–Crippen LogP) is 5.34. The molecule has 2 aromatic rings. The van der Waals surface area contributed by atoms with Crippen LogP contribution in [0.3, 0.4) is 0 Å². The van der Waals surface area contributed by atoms with Crippen molar-refractivity contribution in [3.05, 3.63) is 64.1 Å². The number of benzene rings is 2. The molecule has 0 aromatic heterocycles. The van der Waals surface area contributed by atoms with E-state index >= 15 is 0 Å². The zero-order valence-electron chi connectivity index (χ0n) is 11.5. The molecule has 0 bridgehead atoms. The lowest BCUT2D eigenvalue weighted by atomic mass is 10.0. The minimum Gasteiger partial charge on any atom is -0.303 e. The van der Waals surface area contributed by atoms with Gasteiger partial charge in [0.1, 0.15) is 0 Å². The van der Waals surface area contributed by atoms with Gasteiger partial charge in [-0.3, -0.25) is 0 Å². The third-order valence-electron chi connectivity index (χ3n) is 3.78. The van der Waals surface area contributed by atoms with Crippen molar-refractivity contribution in [2.75, 3.05) is 5.75 Å². The first-order valence-corrected chi connectivity index (χ1v) is 8.76. The Hall–Kier alpha value is -0.770. The maximum Gasteiger partial charge on any atom is 0.0344 e. The van der Waals surface area contributed by atoms with Gasteiger partial charge in [-0.15, -0.1) is 11.8 Å². The van der Waals surface area contributed by atoms with Crippen LogP contribution in [-0.2, 0) is 0 Å². The molecule has 1 aliphatic heterocycles. The summed E-state index contributed by atoms with van der Waals surface area (Å²) < 4.78 is 1.18. The Labute approximate surface area is 133 Å². The molecule has 0 amide bonds. The normalized spacial score (nSPS) is 19.4. The first-order valence-electron chi connectivity index (χ1n) is 6.98. The number of hydrogen-bond donors (Lipinski definition) is 1. The number of rotatable bonds is 3. The summed E-state index contributed by atoms with van der Waals surface area (Å²) in [4.78, 5) is 1.43. The summed E-state index contributed by atoms with van der Waals surface area (Å²) in [5, 5.41) is 3.79. The number of thioether (sulfide) groups is 1. The molecule has 3 rings (SSSR count). The van der Waals surface area contributed by atoms with Gasteiger partial charge in [0, 0.05) is 21.5 Å². The van der Waals surface area contributed by atoms with Gasteiger partial charge in [0.25, 0.3) is 0 Å². The highest BCUT2D eigenvalue weighted by molar-refractivity contribution is 9.10. The highest BCUT2D eigenvalue weighted by Crippen LogP contribution is 2.37. The average molecular weight is 348 g/mol. The summed E-state index contributed by atoms with van der Waals surface area (Å²) in [5.41, 5.74) is 2.77. The van der Waals surface area contributed by atoms with Crippen LogP contribution in [0.4, 0.5) is 0 Å². The molecule has 0 aliphatic carbocycles. The fourth-order valence-electron chi connectivity index (χ4n) is 2.73.